The SMILES string of the molecule is CCOc1cc(C=Cc2nc3ccccc3s2)cc(Cl)c1O. The van der Waals surface area contributed by atoms with Crippen molar-refractivity contribution in [2.45, 2.75) is 6.92 Å². The van der Waals surface area contributed by atoms with Crippen molar-refractivity contribution in [3.63, 3.8) is 0 Å². The Morgan fingerprint density at radius 2 is 2.09 bits per heavy atom. The number of phenolic OH excluding ortho intramolecular Hbond substituents is 1. The van der Waals surface area contributed by atoms with Gasteiger partial charge in [-0.05, 0) is 42.8 Å². The number of hydrogen-bond donors (Lipinski definition) is 1. The quantitative estimate of drug-likeness (QED) is 0.712. The van der Waals surface area contributed by atoms with Crippen LogP contribution in [-0.2, 0) is 0 Å². The molecule has 0 aliphatic heterocycles. The van der Waals surface area contributed by atoms with Gasteiger partial charge in [-0.2, -0.15) is 0 Å². The van der Waals surface area contributed by atoms with Gasteiger partial charge in [-0.25, -0.2) is 4.98 Å². The molecule has 0 radical (unpaired) electrons. The summed E-state index contributed by atoms with van der Waals surface area (Å²) in [6, 6.07) is 11.5. The van der Waals surface area contributed by atoms with Crippen LogP contribution >= 0.6 is 22.9 Å². The Bertz CT molecular complexity index is 809. The first kappa shape index (κ1) is 14.9. The maximum Gasteiger partial charge on any atom is 0.176 e. The molecule has 22 heavy (non-hydrogen) atoms. The van der Waals surface area contributed by atoms with Crippen LogP contribution in [0.4, 0.5) is 0 Å². The van der Waals surface area contributed by atoms with Gasteiger partial charge in [-0.15, -0.1) is 11.3 Å². The van der Waals surface area contributed by atoms with Gasteiger partial charge in [-0.3, -0.25) is 0 Å². The number of hydrogen-bond acceptors (Lipinski definition) is 4. The van der Waals surface area contributed by atoms with E-state index in [2.05, 4.69) is 11.1 Å². The molecule has 3 rings (SSSR count). The molecule has 0 aliphatic carbocycles. The van der Waals surface area contributed by atoms with E-state index in [0.717, 1.165) is 20.8 Å². The minimum atomic E-state index is -0.0272. The zero-order valence-electron chi connectivity index (χ0n) is 11.9. The van der Waals surface area contributed by atoms with Crippen LogP contribution in [0.25, 0.3) is 22.4 Å². The minimum absolute atomic E-state index is 0.0272. The summed E-state index contributed by atoms with van der Waals surface area (Å²) < 4.78 is 6.53. The highest BCUT2D eigenvalue weighted by Crippen LogP contribution is 2.36. The molecule has 112 valence electrons. The highest BCUT2D eigenvalue weighted by molar-refractivity contribution is 7.19. The van der Waals surface area contributed by atoms with Crippen molar-refractivity contribution in [3.8, 4) is 11.5 Å². The highest BCUT2D eigenvalue weighted by atomic mass is 35.5. The van der Waals surface area contributed by atoms with Crippen molar-refractivity contribution in [2.75, 3.05) is 6.61 Å². The number of ether oxygens (including phenoxy) is 1. The van der Waals surface area contributed by atoms with E-state index < -0.39 is 0 Å². The third-order valence-electron chi connectivity index (χ3n) is 3.08. The molecule has 3 aromatic rings. The Hall–Kier alpha value is -2.04. The van der Waals surface area contributed by atoms with Gasteiger partial charge in [0.05, 0.1) is 21.8 Å². The van der Waals surface area contributed by atoms with Crippen LogP contribution in [0.2, 0.25) is 5.02 Å². The monoisotopic (exact) mass is 331 g/mol. The van der Waals surface area contributed by atoms with Crippen molar-refractivity contribution >= 4 is 45.3 Å². The average Bonchev–Trinajstić information content (AvgIpc) is 2.93. The lowest BCUT2D eigenvalue weighted by Gasteiger charge is -2.08. The predicted octanol–water partition coefficient (Wildman–Crippen LogP) is 5.22. The van der Waals surface area contributed by atoms with E-state index in [1.165, 1.54) is 0 Å². The van der Waals surface area contributed by atoms with Gasteiger partial charge in [0.1, 0.15) is 5.01 Å². The first-order chi connectivity index (χ1) is 10.7. The van der Waals surface area contributed by atoms with Crippen LogP contribution in [0.15, 0.2) is 36.4 Å². The molecular formula is C17H14ClNO2S. The number of phenols is 1. The van der Waals surface area contributed by atoms with Crippen molar-refractivity contribution < 1.29 is 9.84 Å². The number of para-hydroxylation sites is 1. The van der Waals surface area contributed by atoms with Gasteiger partial charge in [0.2, 0.25) is 0 Å². The summed E-state index contributed by atoms with van der Waals surface area (Å²) in [5.74, 6) is 0.361. The average molecular weight is 332 g/mol. The normalized spacial score (nSPS) is 11.4. The molecule has 1 aromatic heterocycles. The molecule has 0 spiro atoms. The first-order valence-corrected chi connectivity index (χ1v) is 8.06. The lowest BCUT2D eigenvalue weighted by atomic mass is 10.2. The second-order valence-electron chi connectivity index (χ2n) is 4.64. The molecule has 2 aromatic carbocycles. The molecule has 0 bridgehead atoms. The van der Waals surface area contributed by atoms with E-state index in [1.54, 1.807) is 23.5 Å². The van der Waals surface area contributed by atoms with E-state index in [0.29, 0.717) is 12.4 Å². The van der Waals surface area contributed by atoms with Crippen molar-refractivity contribution in [3.05, 3.63) is 52.0 Å². The van der Waals surface area contributed by atoms with Crippen molar-refractivity contribution in [1.29, 1.82) is 0 Å². The van der Waals surface area contributed by atoms with Gasteiger partial charge in [0, 0.05) is 0 Å². The molecule has 0 fully saturated rings. The maximum absolute atomic E-state index is 9.84. The number of rotatable bonds is 4. The lowest BCUT2D eigenvalue weighted by molar-refractivity contribution is 0.318. The molecule has 0 amide bonds. The summed E-state index contributed by atoms with van der Waals surface area (Å²) >= 11 is 7.65. The number of halogens is 1. The topological polar surface area (TPSA) is 42.4 Å². The molecule has 3 nitrogen and oxygen atoms in total. The molecule has 5 heteroatoms. The van der Waals surface area contributed by atoms with E-state index in [-0.39, 0.29) is 10.8 Å². The van der Waals surface area contributed by atoms with Crippen LogP contribution < -0.4 is 4.74 Å². The van der Waals surface area contributed by atoms with Crippen molar-refractivity contribution in [2.24, 2.45) is 0 Å². The number of thiazole rings is 1. The van der Waals surface area contributed by atoms with Gasteiger partial charge in [-0.1, -0.05) is 29.8 Å². The largest absolute Gasteiger partial charge is 0.503 e. The van der Waals surface area contributed by atoms with Gasteiger partial charge in [0.15, 0.2) is 11.5 Å². The molecule has 0 unspecified atom stereocenters. The fourth-order valence-electron chi connectivity index (χ4n) is 2.08. The Morgan fingerprint density at radius 1 is 1.27 bits per heavy atom. The Morgan fingerprint density at radius 3 is 2.86 bits per heavy atom. The molecule has 0 saturated carbocycles. The zero-order chi connectivity index (χ0) is 15.5. The summed E-state index contributed by atoms with van der Waals surface area (Å²) in [4.78, 5) is 4.54. The Balaban J connectivity index is 1.91. The third-order valence-corrected chi connectivity index (χ3v) is 4.37. The summed E-state index contributed by atoms with van der Waals surface area (Å²) in [6.45, 7) is 2.33. The fraction of sp³-hybridized carbons (Fsp3) is 0.118. The second-order valence-corrected chi connectivity index (χ2v) is 6.11. The maximum atomic E-state index is 9.84. The highest BCUT2D eigenvalue weighted by Gasteiger charge is 2.08. The van der Waals surface area contributed by atoms with Crippen LogP contribution in [0.1, 0.15) is 17.5 Å². The lowest BCUT2D eigenvalue weighted by Crippen LogP contribution is -1.92. The second kappa shape index (κ2) is 6.38. The number of benzene rings is 2. The van der Waals surface area contributed by atoms with Gasteiger partial charge >= 0.3 is 0 Å². The van der Waals surface area contributed by atoms with E-state index in [1.807, 2.05) is 37.3 Å². The van der Waals surface area contributed by atoms with E-state index in [9.17, 15) is 5.11 Å². The van der Waals surface area contributed by atoms with E-state index in [4.69, 9.17) is 16.3 Å². The van der Waals surface area contributed by atoms with E-state index >= 15 is 0 Å². The van der Waals surface area contributed by atoms with Crippen molar-refractivity contribution in [1.82, 2.24) is 4.98 Å². The van der Waals surface area contributed by atoms with Gasteiger partial charge in [0.25, 0.3) is 0 Å². The molecule has 1 N–H and O–H groups in total. The number of nitrogens with zero attached hydrogens (tertiary/aromatic N) is 1. The summed E-state index contributed by atoms with van der Waals surface area (Å²) in [7, 11) is 0. The number of aromatic hydroxyl groups is 1. The molecule has 0 aliphatic rings. The third kappa shape index (κ3) is 3.08. The zero-order valence-corrected chi connectivity index (χ0v) is 13.5. The number of fused-ring (bicyclic) bond motifs is 1. The molecule has 1 heterocycles. The van der Waals surface area contributed by atoms with Crippen LogP contribution in [0.5, 0.6) is 11.5 Å². The minimum Gasteiger partial charge on any atom is -0.503 e. The number of aromatic nitrogens is 1. The van der Waals surface area contributed by atoms with Crippen LogP contribution in [0.3, 0.4) is 0 Å². The molecule has 0 atom stereocenters. The standard InChI is InChI=1S/C17H14ClNO2S/c1-2-21-14-10-11(9-12(18)17(14)20)7-8-16-19-13-5-3-4-6-15(13)22-16/h3-10,20H,2H2,1H3. The van der Waals surface area contributed by atoms with Gasteiger partial charge < -0.3 is 9.84 Å². The first-order valence-electron chi connectivity index (χ1n) is 6.86. The Kier molecular flexibility index (Phi) is 4.32. The Labute approximate surface area is 137 Å². The summed E-state index contributed by atoms with van der Waals surface area (Å²) in [6.07, 6.45) is 3.84. The molecular weight excluding hydrogens is 318 g/mol. The van der Waals surface area contributed by atoms with Crippen LogP contribution in [0, 0.1) is 0 Å². The summed E-state index contributed by atoms with van der Waals surface area (Å²) in [5.41, 5.74) is 1.84. The predicted molar refractivity (Wildman–Crippen MR) is 92.8 cm³/mol. The summed E-state index contributed by atoms with van der Waals surface area (Å²) in [5, 5.41) is 11.0. The van der Waals surface area contributed by atoms with Crippen LogP contribution in [-0.4, -0.2) is 16.7 Å². The smallest absolute Gasteiger partial charge is 0.176 e. The molecule has 0 saturated heterocycles. The fourth-order valence-corrected chi connectivity index (χ4v) is 3.17.